The lowest BCUT2D eigenvalue weighted by Crippen LogP contribution is -2.09. The zero-order chi connectivity index (χ0) is 15.1. The average molecular weight is 282 g/mol. The van der Waals surface area contributed by atoms with Gasteiger partial charge in [0.25, 0.3) is 0 Å². The molecular formula is C19H22O2. The Bertz CT molecular complexity index is 558. The normalized spacial score (nSPS) is 14.0. The van der Waals surface area contributed by atoms with Gasteiger partial charge in [0.1, 0.15) is 5.75 Å². The Morgan fingerprint density at radius 3 is 2.24 bits per heavy atom. The van der Waals surface area contributed by atoms with Crippen LogP contribution in [0, 0.1) is 0 Å². The van der Waals surface area contributed by atoms with Crippen LogP contribution >= 0.6 is 0 Å². The summed E-state index contributed by atoms with van der Waals surface area (Å²) in [5.74, 6) is 0.755. The van der Waals surface area contributed by atoms with Crippen molar-refractivity contribution in [1.29, 1.82) is 0 Å². The summed E-state index contributed by atoms with van der Waals surface area (Å²) in [7, 11) is 1.64. The lowest BCUT2D eigenvalue weighted by Gasteiger charge is -2.21. The van der Waals surface area contributed by atoms with E-state index in [9.17, 15) is 5.11 Å². The summed E-state index contributed by atoms with van der Waals surface area (Å²) in [6, 6.07) is 17.7. The van der Waals surface area contributed by atoms with Crippen molar-refractivity contribution in [2.24, 2.45) is 0 Å². The van der Waals surface area contributed by atoms with E-state index in [0.717, 1.165) is 23.3 Å². The number of benzene rings is 2. The number of hydrogen-bond donors (Lipinski definition) is 1. The highest BCUT2D eigenvalue weighted by Crippen LogP contribution is 2.33. The molecule has 0 spiro atoms. The van der Waals surface area contributed by atoms with E-state index in [1.54, 1.807) is 7.11 Å². The van der Waals surface area contributed by atoms with Crippen LogP contribution in [-0.2, 0) is 0 Å². The first kappa shape index (κ1) is 15.3. The van der Waals surface area contributed by atoms with Gasteiger partial charge in [0, 0.05) is 5.92 Å². The minimum Gasteiger partial charge on any atom is -0.497 e. The highest BCUT2D eigenvalue weighted by atomic mass is 16.5. The summed E-state index contributed by atoms with van der Waals surface area (Å²) in [4.78, 5) is 0. The first-order chi connectivity index (χ1) is 10.3. The molecule has 0 aromatic heterocycles. The molecule has 0 saturated heterocycles. The van der Waals surface area contributed by atoms with Crippen molar-refractivity contribution in [3.63, 3.8) is 0 Å². The molecule has 1 N–H and O–H groups in total. The SMILES string of the molecule is CC/C=C\[C@@H](c1ccccc1)[C@@H](O)c1ccc(OC)cc1. The lowest BCUT2D eigenvalue weighted by molar-refractivity contribution is 0.161. The monoisotopic (exact) mass is 282 g/mol. The van der Waals surface area contributed by atoms with Crippen LogP contribution < -0.4 is 4.74 Å². The van der Waals surface area contributed by atoms with Crippen LogP contribution in [0.3, 0.4) is 0 Å². The second kappa shape index (κ2) is 7.65. The predicted molar refractivity (Wildman–Crippen MR) is 86.6 cm³/mol. The first-order valence-corrected chi connectivity index (χ1v) is 7.30. The Labute approximate surface area is 126 Å². The van der Waals surface area contributed by atoms with Gasteiger partial charge in [-0.2, -0.15) is 0 Å². The fourth-order valence-corrected chi connectivity index (χ4v) is 2.37. The van der Waals surface area contributed by atoms with Gasteiger partial charge in [0.15, 0.2) is 0 Å². The van der Waals surface area contributed by atoms with Crippen LogP contribution in [0.4, 0.5) is 0 Å². The molecule has 2 rings (SSSR count). The van der Waals surface area contributed by atoms with E-state index in [1.807, 2.05) is 42.5 Å². The topological polar surface area (TPSA) is 29.5 Å². The van der Waals surface area contributed by atoms with Gasteiger partial charge in [-0.25, -0.2) is 0 Å². The molecule has 110 valence electrons. The van der Waals surface area contributed by atoms with Gasteiger partial charge < -0.3 is 9.84 Å². The molecule has 0 aliphatic heterocycles. The number of allylic oxidation sites excluding steroid dienone is 1. The molecule has 0 radical (unpaired) electrons. The average Bonchev–Trinajstić information content (AvgIpc) is 2.56. The molecule has 0 saturated carbocycles. The maximum Gasteiger partial charge on any atom is 0.118 e. The fourth-order valence-electron chi connectivity index (χ4n) is 2.37. The second-order valence-corrected chi connectivity index (χ2v) is 4.99. The van der Waals surface area contributed by atoms with Gasteiger partial charge in [-0.3, -0.25) is 0 Å². The van der Waals surface area contributed by atoms with Crippen molar-refractivity contribution >= 4 is 0 Å². The van der Waals surface area contributed by atoms with E-state index in [-0.39, 0.29) is 5.92 Å². The Kier molecular flexibility index (Phi) is 5.59. The molecule has 2 aromatic carbocycles. The summed E-state index contributed by atoms with van der Waals surface area (Å²) in [6.07, 6.45) is 4.58. The van der Waals surface area contributed by atoms with Crippen LogP contribution in [0.15, 0.2) is 66.7 Å². The smallest absolute Gasteiger partial charge is 0.118 e. The molecule has 0 fully saturated rings. The van der Waals surface area contributed by atoms with E-state index < -0.39 is 6.10 Å². The molecule has 0 bridgehead atoms. The van der Waals surface area contributed by atoms with Gasteiger partial charge in [0.2, 0.25) is 0 Å². The molecule has 0 aliphatic carbocycles. The Morgan fingerprint density at radius 1 is 1.00 bits per heavy atom. The van der Waals surface area contributed by atoms with Gasteiger partial charge in [0.05, 0.1) is 13.2 Å². The number of ether oxygens (including phenoxy) is 1. The third-order valence-corrected chi connectivity index (χ3v) is 3.56. The number of methoxy groups -OCH3 is 1. The Balaban J connectivity index is 2.29. The summed E-state index contributed by atoms with van der Waals surface area (Å²) < 4.78 is 5.16. The van der Waals surface area contributed by atoms with E-state index in [0.29, 0.717) is 0 Å². The summed E-state index contributed by atoms with van der Waals surface area (Å²) in [5.41, 5.74) is 2.01. The molecular weight excluding hydrogens is 260 g/mol. The lowest BCUT2D eigenvalue weighted by atomic mass is 9.88. The summed E-state index contributed by atoms with van der Waals surface area (Å²) in [6.45, 7) is 2.10. The molecule has 2 aromatic rings. The molecule has 21 heavy (non-hydrogen) atoms. The van der Waals surface area contributed by atoms with E-state index in [4.69, 9.17) is 4.74 Å². The number of aliphatic hydroxyl groups excluding tert-OH is 1. The minimum atomic E-state index is -0.568. The second-order valence-electron chi connectivity index (χ2n) is 4.99. The number of aliphatic hydroxyl groups is 1. The molecule has 2 atom stereocenters. The van der Waals surface area contributed by atoms with Crippen molar-refractivity contribution in [3.8, 4) is 5.75 Å². The zero-order valence-electron chi connectivity index (χ0n) is 12.6. The van der Waals surface area contributed by atoms with E-state index in [1.165, 1.54) is 0 Å². The number of rotatable bonds is 6. The quantitative estimate of drug-likeness (QED) is 0.792. The molecule has 0 aliphatic rings. The fraction of sp³-hybridized carbons (Fsp3) is 0.263. The van der Waals surface area contributed by atoms with Crippen molar-refractivity contribution in [1.82, 2.24) is 0 Å². The highest BCUT2D eigenvalue weighted by molar-refractivity contribution is 5.33. The standard InChI is InChI=1S/C19H22O2/c1-3-4-10-18(15-8-6-5-7-9-15)19(20)16-11-13-17(21-2)14-12-16/h4-14,18-20H,3H2,1-2H3/b10-4-/t18-,19-/m0/s1. The summed E-state index contributed by atoms with van der Waals surface area (Å²) in [5, 5.41) is 10.7. The van der Waals surface area contributed by atoms with E-state index >= 15 is 0 Å². The third-order valence-electron chi connectivity index (χ3n) is 3.56. The van der Waals surface area contributed by atoms with Crippen LogP contribution in [0.1, 0.15) is 36.5 Å². The van der Waals surface area contributed by atoms with Crippen LogP contribution in [0.5, 0.6) is 5.75 Å². The highest BCUT2D eigenvalue weighted by Gasteiger charge is 2.20. The maximum atomic E-state index is 10.7. The minimum absolute atomic E-state index is 0.0421. The summed E-state index contributed by atoms with van der Waals surface area (Å²) >= 11 is 0. The molecule has 0 amide bonds. The van der Waals surface area contributed by atoms with Gasteiger partial charge in [-0.05, 0) is 29.7 Å². The van der Waals surface area contributed by atoms with Gasteiger partial charge >= 0.3 is 0 Å². The number of hydrogen-bond acceptors (Lipinski definition) is 2. The zero-order valence-corrected chi connectivity index (χ0v) is 12.6. The van der Waals surface area contributed by atoms with Crippen LogP contribution in [0.25, 0.3) is 0 Å². The molecule has 0 heterocycles. The third kappa shape index (κ3) is 3.96. The van der Waals surface area contributed by atoms with Gasteiger partial charge in [-0.1, -0.05) is 61.5 Å². The Hall–Kier alpha value is -2.06. The van der Waals surface area contributed by atoms with Crippen molar-refractivity contribution in [2.45, 2.75) is 25.4 Å². The van der Waals surface area contributed by atoms with E-state index in [2.05, 4.69) is 31.2 Å². The van der Waals surface area contributed by atoms with Crippen LogP contribution in [-0.4, -0.2) is 12.2 Å². The Morgan fingerprint density at radius 2 is 1.67 bits per heavy atom. The molecule has 2 heteroatoms. The van der Waals surface area contributed by atoms with Crippen molar-refractivity contribution in [2.75, 3.05) is 7.11 Å². The molecule has 2 nitrogen and oxygen atoms in total. The molecule has 0 unspecified atom stereocenters. The maximum absolute atomic E-state index is 10.7. The van der Waals surface area contributed by atoms with Crippen molar-refractivity contribution < 1.29 is 9.84 Å². The predicted octanol–water partition coefficient (Wildman–Crippen LogP) is 4.48. The van der Waals surface area contributed by atoms with Crippen LogP contribution in [0.2, 0.25) is 0 Å². The largest absolute Gasteiger partial charge is 0.497 e. The van der Waals surface area contributed by atoms with Crippen molar-refractivity contribution in [3.05, 3.63) is 77.9 Å². The van der Waals surface area contributed by atoms with Gasteiger partial charge in [-0.15, -0.1) is 0 Å². The first-order valence-electron chi connectivity index (χ1n) is 7.30.